The first-order chi connectivity index (χ1) is 34.6. The monoisotopic (exact) mass is 900 g/mol. The van der Waals surface area contributed by atoms with Crippen LogP contribution in [0.2, 0.25) is 0 Å². The summed E-state index contributed by atoms with van der Waals surface area (Å²) < 4.78 is 15.3. The molecular weight excluding hydrogens is 857 g/mol. The van der Waals surface area contributed by atoms with E-state index in [9.17, 15) is 0 Å². The molecule has 0 atom stereocenters. The minimum Gasteiger partial charge on any atom is -0.456 e. The van der Waals surface area contributed by atoms with Crippen LogP contribution in [0.1, 0.15) is 20.3 Å². The molecule has 14 aromatic rings. The summed E-state index contributed by atoms with van der Waals surface area (Å²) in [6, 6.07) is 76.4. The zero-order valence-corrected chi connectivity index (χ0v) is 38.6. The Hall–Kier alpha value is -9.13. The second-order valence-corrected chi connectivity index (χ2v) is 17.8. The lowest BCUT2D eigenvalue weighted by molar-refractivity contribution is 0.669. The van der Waals surface area contributed by atoms with Gasteiger partial charge in [0.25, 0.3) is 0 Å². The van der Waals surface area contributed by atoms with Crippen molar-refractivity contribution in [2.75, 3.05) is 0 Å². The Morgan fingerprint density at radius 1 is 0.371 bits per heavy atom. The molecule has 70 heavy (non-hydrogen) atoms. The van der Waals surface area contributed by atoms with Gasteiger partial charge in [0.05, 0.1) is 11.0 Å². The van der Waals surface area contributed by atoms with Crippen LogP contribution in [0.4, 0.5) is 0 Å². The third-order valence-corrected chi connectivity index (χ3v) is 13.2. The van der Waals surface area contributed by atoms with Gasteiger partial charge >= 0.3 is 0 Å². The molecule has 0 saturated carbocycles. The van der Waals surface area contributed by atoms with Crippen LogP contribution in [0.5, 0.6) is 0 Å². The Morgan fingerprint density at radius 2 is 0.929 bits per heavy atom. The number of nitrogens with zero attached hydrogens (tertiary/aromatic N) is 4. The normalized spacial score (nSPS) is 11.6. The Balaban J connectivity index is 0.00000156. The molecule has 4 aromatic heterocycles. The lowest BCUT2D eigenvalue weighted by atomic mass is 9.92. The van der Waals surface area contributed by atoms with Gasteiger partial charge in [0, 0.05) is 54.6 Å². The standard InChI is InChI=1S/C61H36N4O2.C3H8/c1-3-15-37(16-4-1)41-33-42(35-43(34-41)46-24-14-25-50-48-22-10-12-28-54(48)67-58(46)50)45-23-13-26-51-56-44-20-8-7-17-38(44)30-32-52(56)65(57(45)51)61-63-59(39-18-5-2-6-19-39)62-60(64-61)40-29-31-49-47-21-9-11-27-53(47)66-55(49)36-40;1-3-2/h1-36H;3H2,1-2H3. The van der Waals surface area contributed by atoms with Crippen LogP contribution in [0, 0.1) is 0 Å². The van der Waals surface area contributed by atoms with Crippen molar-refractivity contribution in [3.8, 4) is 62.1 Å². The molecule has 0 unspecified atom stereocenters. The molecule has 10 aromatic carbocycles. The fourth-order valence-electron chi connectivity index (χ4n) is 10.2. The highest BCUT2D eigenvalue weighted by Crippen LogP contribution is 2.44. The zero-order valence-electron chi connectivity index (χ0n) is 38.6. The number of rotatable bonds is 6. The van der Waals surface area contributed by atoms with Crippen LogP contribution in [0.3, 0.4) is 0 Å². The molecule has 6 heteroatoms. The van der Waals surface area contributed by atoms with E-state index in [1.807, 2.05) is 54.6 Å². The van der Waals surface area contributed by atoms with Gasteiger partial charge in [0.2, 0.25) is 5.95 Å². The van der Waals surface area contributed by atoms with E-state index in [2.05, 4.69) is 182 Å². The summed E-state index contributed by atoms with van der Waals surface area (Å²) in [7, 11) is 0. The molecule has 332 valence electrons. The van der Waals surface area contributed by atoms with E-state index in [-0.39, 0.29) is 0 Å². The van der Waals surface area contributed by atoms with Crippen LogP contribution in [-0.2, 0) is 0 Å². The maximum Gasteiger partial charge on any atom is 0.238 e. The predicted molar refractivity (Wildman–Crippen MR) is 289 cm³/mol. The molecule has 0 saturated heterocycles. The molecule has 0 fully saturated rings. The maximum absolute atomic E-state index is 6.66. The predicted octanol–water partition coefficient (Wildman–Crippen LogP) is 17.7. The third-order valence-electron chi connectivity index (χ3n) is 13.2. The largest absolute Gasteiger partial charge is 0.456 e. The van der Waals surface area contributed by atoms with E-state index in [1.165, 1.54) is 6.42 Å². The van der Waals surface area contributed by atoms with Crippen LogP contribution in [0.25, 0.3) is 139 Å². The summed E-state index contributed by atoms with van der Waals surface area (Å²) in [4.78, 5) is 16.0. The summed E-state index contributed by atoms with van der Waals surface area (Å²) in [6.45, 7) is 4.25. The molecule has 4 heterocycles. The van der Waals surface area contributed by atoms with Gasteiger partial charge in [-0.15, -0.1) is 0 Å². The number of aromatic nitrogens is 4. The van der Waals surface area contributed by atoms with Gasteiger partial charge < -0.3 is 8.83 Å². The second-order valence-electron chi connectivity index (χ2n) is 17.8. The molecular formula is C64H44N4O2. The fourth-order valence-corrected chi connectivity index (χ4v) is 10.2. The van der Waals surface area contributed by atoms with Crippen molar-refractivity contribution >= 4 is 76.5 Å². The SMILES string of the molecule is CCC.c1ccc(-c2cc(-c3cccc4c3oc3ccccc34)cc(-c3cccc4c5c6ccccc6ccc5n(-c5nc(-c6ccccc6)nc(-c6ccc7c(c6)oc6ccccc67)n5)c34)c2)cc1. The minimum absolute atomic E-state index is 0.516. The summed E-state index contributed by atoms with van der Waals surface area (Å²) in [5.74, 6) is 1.64. The number of hydrogen-bond acceptors (Lipinski definition) is 5. The van der Waals surface area contributed by atoms with E-state index < -0.39 is 0 Å². The number of hydrogen-bond donors (Lipinski definition) is 0. The van der Waals surface area contributed by atoms with Gasteiger partial charge in [0.15, 0.2) is 11.6 Å². The highest BCUT2D eigenvalue weighted by atomic mass is 16.3. The molecule has 0 aliphatic carbocycles. The quantitative estimate of drug-likeness (QED) is 0.166. The van der Waals surface area contributed by atoms with Crippen molar-refractivity contribution < 1.29 is 8.83 Å². The number of benzene rings is 10. The molecule has 0 radical (unpaired) electrons. The summed E-state index contributed by atoms with van der Waals surface area (Å²) in [5, 5.41) is 8.86. The molecule has 6 nitrogen and oxygen atoms in total. The van der Waals surface area contributed by atoms with Gasteiger partial charge in [-0.1, -0.05) is 190 Å². The van der Waals surface area contributed by atoms with Crippen LogP contribution in [-0.4, -0.2) is 19.5 Å². The van der Waals surface area contributed by atoms with Gasteiger partial charge in [-0.3, -0.25) is 4.57 Å². The number of furan rings is 2. The average Bonchev–Trinajstić information content (AvgIpc) is 4.11. The summed E-state index contributed by atoms with van der Waals surface area (Å²) >= 11 is 0. The molecule has 0 aliphatic rings. The number of para-hydroxylation sites is 4. The zero-order chi connectivity index (χ0) is 46.7. The van der Waals surface area contributed by atoms with Crippen molar-refractivity contribution in [2.24, 2.45) is 0 Å². The fraction of sp³-hybridized carbons (Fsp3) is 0.0469. The Bertz CT molecular complexity index is 4300. The average molecular weight is 901 g/mol. The van der Waals surface area contributed by atoms with E-state index in [0.717, 1.165) is 121 Å². The van der Waals surface area contributed by atoms with E-state index >= 15 is 0 Å². The third kappa shape index (κ3) is 6.83. The molecule has 0 aliphatic heterocycles. The summed E-state index contributed by atoms with van der Waals surface area (Å²) in [5.41, 5.74) is 13.5. The smallest absolute Gasteiger partial charge is 0.238 e. The Morgan fingerprint density at radius 3 is 1.69 bits per heavy atom. The summed E-state index contributed by atoms with van der Waals surface area (Å²) in [6.07, 6.45) is 1.25. The minimum atomic E-state index is 0.516. The van der Waals surface area contributed by atoms with Crippen molar-refractivity contribution in [2.45, 2.75) is 20.3 Å². The van der Waals surface area contributed by atoms with Gasteiger partial charge in [-0.25, -0.2) is 4.98 Å². The molecule has 0 spiro atoms. The van der Waals surface area contributed by atoms with Gasteiger partial charge in [0.1, 0.15) is 22.3 Å². The van der Waals surface area contributed by atoms with Crippen molar-refractivity contribution in [1.29, 1.82) is 0 Å². The molecule has 0 amide bonds. The van der Waals surface area contributed by atoms with E-state index in [4.69, 9.17) is 23.8 Å². The maximum atomic E-state index is 6.66. The molecule has 0 N–H and O–H groups in total. The first-order valence-corrected chi connectivity index (χ1v) is 23.9. The Labute approximate surface area is 403 Å². The van der Waals surface area contributed by atoms with Crippen molar-refractivity contribution in [3.05, 3.63) is 218 Å². The highest BCUT2D eigenvalue weighted by Gasteiger charge is 2.23. The van der Waals surface area contributed by atoms with Gasteiger partial charge in [-0.2, -0.15) is 9.97 Å². The lowest BCUT2D eigenvalue weighted by Gasteiger charge is -2.15. The molecule has 14 rings (SSSR count). The van der Waals surface area contributed by atoms with Crippen LogP contribution < -0.4 is 0 Å². The first-order valence-electron chi connectivity index (χ1n) is 23.9. The number of fused-ring (bicyclic) bond motifs is 11. The highest BCUT2D eigenvalue weighted by molar-refractivity contribution is 6.23. The van der Waals surface area contributed by atoms with Crippen LogP contribution >= 0.6 is 0 Å². The Kier molecular flexibility index (Phi) is 9.91. The second kappa shape index (κ2) is 16.9. The first kappa shape index (κ1) is 41.1. The molecule has 0 bridgehead atoms. The lowest BCUT2D eigenvalue weighted by Crippen LogP contribution is -2.07. The van der Waals surface area contributed by atoms with Crippen LogP contribution in [0.15, 0.2) is 227 Å². The van der Waals surface area contributed by atoms with E-state index in [1.54, 1.807) is 0 Å². The van der Waals surface area contributed by atoms with Gasteiger partial charge in [-0.05, 0) is 81.6 Å². The topological polar surface area (TPSA) is 69.9 Å². The van der Waals surface area contributed by atoms with E-state index in [0.29, 0.717) is 17.6 Å². The van der Waals surface area contributed by atoms with Crippen molar-refractivity contribution in [1.82, 2.24) is 19.5 Å². The van der Waals surface area contributed by atoms with Crippen molar-refractivity contribution in [3.63, 3.8) is 0 Å².